The van der Waals surface area contributed by atoms with Gasteiger partial charge >= 0.3 is 17.9 Å². The van der Waals surface area contributed by atoms with Gasteiger partial charge < -0.3 is 14.2 Å². The first-order valence-electron chi connectivity index (χ1n) is 30.8. The number of unbranched alkanes of at least 4 members (excludes halogenated alkanes) is 35. The van der Waals surface area contributed by atoms with E-state index in [-0.39, 0.29) is 31.1 Å². The van der Waals surface area contributed by atoms with Gasteiger partial charge in [-0.2, -0.15) is 0 Å². The Morgan fingerprint density at radius 2 is 0.549 bits per heavy atom. The average Bonchev–Trinajstić information content (AvgIpc) is 3.37. The lowest BCUT2D eigenvalue weighted by Gasteiger charge is -2.18. The number of esters is 3. The van der Waals surface area contributed by atoms with Crippen LogP contribution in [0.4, 0.5) is 0 Å². The van der Waals surface area contributed by atoms with Crippen LogP contribution in [0.15, 0.2) is 60.8 Å². The molecule has 412 valence electrons. The molecule has 0 N–H and O–H groups in total. The molecule has 6 nitrogen and oxygen atoms in total. The summed E-state index contributed by atoms with van der Waals surface area (Å²) in [6.45, 7) is 6.53. The third-order valence-corrected chi connectivity index (χ3v) is 13.5. The highest BCUT2D eigenvalue weighted by atomic mass is 16.6. The van der Waals surface area contributed by atoms with Gasteiger partial charge in [0.2, 0.25) is 0 Å². The maximum absolute atomic E-state index is 12.8. The molecule has 0 heterocycles. The number of hydrogen-bond donors (Lipinski definition) is 0. The van der Waals surface area contributed by atoms with Crippen LogP contribution in [0.1, 0.15) is 316 Å². The van der Waals surface area contributed by atoms with Gasteiger partial charge in [0.1, 0.15) is 13.2 Å². The summed E-state index contributed by atoms with van der Waals surface area (Å²) in [6, 6.07) is 0. The maximum atomic E-state index is 12.8. The van der Waals surface area contributed by atoms with Crippen molar-refractivity contribution in [3.63, 3.8) is 0 Å². The zero-order valence-corrected chi connectivity index (χ0v) is 47.2. The monoisotopic (exact) mass is 993 g/mol. The van der Waals surface area contributed by atoms with Crippen molar-refractivity contribution in [2.24, 2.45) is 0 Å². The lowest BCUT2D eigenvalue weighted by atomic mass is 10.0. The van der Waals surface area contributed by atoms with Crippen LogP contribution in [0.3, 0.4) is 0 Å². The summed E-state index contributed by atoms with van der Waals surface area (Å²) in [6.07, 6.45) is 75.2. The summed E-state index contributed by atoms with van der Waals surface area (Å²) < 4.78 is 16.9. The summed E-state index contributed by atoms with van der Waals surface area (Å²) >= 11 is 0. The first-order chi connectivity index (χ1) is 35.0. The molecule has 0 aromatic rings. The SMILES string of the molecule is CC/C=C\C/C=C\C/C=C\C/C=C\CCCCCCCCCCCCCCCCCCC(=O)OCC(COC(=O)CCCCCCCCCCCCC)OC(=O)CCCCCCC/C=C\CCCCCC. The lowest BCUT2D eigenvalue weighted by molar-refractivity contribution is -0.167. The second kappa shape index (κ2) is 59.7. The Hall–Kier alpha value is -2.89. The van der Waals surface area contributed by atoms with Gasteiger partial charge in [-0.05, 0) is 83.5 Å². The average molecular weight is 994 g/mol. The van der Waals surface area contributed by atoms with Crippen LogP contribution in [-0.2, 0) is 28.6 Å². The normalized spacial score (nSPS) is 12.4. The fraction of sp³-hybridized carbons (Fsp3) is 0.800. The molecule has 0 amide bonds. The van der Waals surface area contributed by atoms with Crippen LogP contribution in [0.2, 0.25) is 0 Å². The minimum Gasteiger partial charge on any atom is -0.462 e. The molecule has 1 unspecified atom stereocenters. The number of rotatable bonds is 56. The quantitative estimate of drug-likeness (QED) is 0.0261. The molecule has 0 fully saturated rings. The smallest absolute Gasteiger partial charge is 0.306 e. The highest BCUT2D eigenvalue weighted by Gasteiger charge is 2.19. The molecule has 1 atom stereocenters. The minimum atomic E-state index is -0.774. The van der Waals surface area contributed by atoms with E-state index in [1.54, 1.807) is 0 Å². The molecule has 0 radical (unpaired) electrons. The largest absolute Gasteiger partial charge is 0.462 e. The molecule has 0 aromatic heterocycles. The summed E-state index contributed by atoms with van der Waals surface area (Å²) in [7, 11) is 0. The van der Waals surface area contributed by atoms with Crippen LogP contribution in [0.5, 0.6) is 0 Å². The standard InChI is InChI=1S/C65H116O6/c1-4-7-10-13-16-19-22-24-25-26-27-28-29-30-31-32-33-34-35-36-37-38-39-41-43-46-49-52-55-58-64(67)70-61-62(60-69-63(66)57-54-51-48-45-42-21-18-15-12-9-6-3)71-65(68)59-56-53-50-47-44-40-23-20-17-14-11-8-5-2/h7,10,16,19-20,23-25,27-28,62H,4-6,8-9,11-15,17-18,21-22,26,29-61H2,1-3H3/b10-7-,19-16-,23-20-,25-24-,28-27-. The Bertz CT molecular complexity index is 1280. The minimum absolute atomic E-state index is 0.0728. The van der Waals surface area contributed by atoms with Crippen molar-refractivity contribution < 1.29 is 28.6 Å². The van der Waals surface area contributed by atoms with Crippen molar-refractivity contribution >= 4 is 17.9 Å². The molecular formula is C65H116O6. The fourth-order valence-electron chi connectivity index (χ4n) is 8.90. The number of allylic oxidation sites excluding steroid dienone is 10. The number of hydrogen-bond acceptors (Lipinski definition) is 6. The highest BCUT2D eigenvalue weighted by molar-refractivity contribution is 5.71. The van der Waals surface area contributed by atoms with Gasteiger partial charge in [-0.3, -0.25) is 14.4 Å². The lowest BCUT2D eigenvalue weighted by Crippen LogP contribution is -2.30. The van der Waals surface area contributed by atoms with Crippen LogP contribution in [-0.4, -0.2) is 37.2 Å². The first-order valence-corrected chi connectivity index (χ1v) is 30.8. The molecule has 0 aromatic carbocycles. The summed E-state index contributed by atoms with van der Waals surface area (Å²) in [4.78, 5) is 38.1. The number of carbonyl (C=O) groups excluding carboxylic acids is 3. The zero-order chi connectivity index (χ0) is 51.4. The number of ether oxygens (including phenoxy) is 3. The molecular weight excluding hydrogens is 877 g/mol. The van der Waals surface area contributed by atoms with Gasteiger partial charge in [-0.1, -0.05) is 274 Å². The summed E-state index contributed by atoms with van der Waals surface area (Å²) in [5.74, 6) is -0.868. The van der Waals surface area contributed by atoms with E-state index in [4.69, 9.17) is 14.2 Å². The van der Waals surface area contributed by atoms with Crippen molar-refractivity contribution in [3.05, 3.63) is 60.8 Å². The third kappa shape index (κ3) is 57.9. The molecule has 0 rings (SSSR count). The van der Waals surface area contributed by atoms with Crippen LogP contribution in [0.25, 0.3) is 0 Å². The molecule has 0 saturated carbocycles. The Labute approximate surface area is 440 Å². The molecule has 6 heteroatoms. The molecule has 0 bridgehead atoms. The molecule has 0 aliphatic carbocycles. The van der Waals surface area contributed by atoms with Crippen molar-refractivity contribution in [2.75, 3.05) is 13.2 Å². The highest BCUT2D eigenvalue weighted by Crippen LogP contribution is 2.17. The van der Waals surface area contributed by atoms with E-state index in [0.29, 0.717) is 19.3 Å². The van der Waals surface area contributed by atoms with E-state index < -0.39 is 6.10 Å². The first kappa shape index (κ1) is 68.1. The molecule has 0 aliphatic rings. The topological polar surface area (TPSA) is 78.9 Å². The molecule has 0 aliphatic heterocycles. The van der Waals surface area contributed by atoms with E-state index in [9.17, 15) is 14.4 Å². The maximum Gasteiger partial charge on any atom is 0.306 e. The molecule has 0 saturated heterocycles. The van der Waals surface area contributed by atoms with Gasteiger partial charge in [0.05, 0.1) is 0 Å². The Morgan fingerprint density at radius 3 is 0.887 bits per heavy atom. The van der Waals surface area contributed by atoms with Gasteiger partial charge in [0.25, 0.3) is 0 Å². The second-order valence-electron chi connectivity index (χ2n) is 20.6. The van der Waals surface area contributed by atoms with Crippen molar-refractivity contribution in [3.8, 4) is 0 Å². The van der Waals surface area contributed by atoms with Crippen molar-refractivity contribution in [2.45, 2.75) is 322 Å². The summed E-state index contributed by atoms with van der Waals surface area (Å²) in [5, 5.41) is 0. The van der Waals surface area contributed by atoms with E-state index in [1.165, 1.54) is 186 Å². The summed E-state index contributed by atoms with van der Waals surface area (Å²) in [5.41, 5.74) is 0. The fourth-order valence-corrected chi connectivity index (χ4v) is 8.90. The van der Waals surface area contributed by atoms with Gasteiger partial charge in [-0.15, -0.1) is 0 Å². The van der Waals surface area contributed by atoms with Crippen molar-refractivity contribution in [1.82, 2.24) is 0 Å². The van der Waals surface area contributed by atoms with Gasteiger partial charge in [-0.25, -0.2) is 0 Å². The molecule has 0 spiro atoms. The Morgan fingerprint density at radius 1 is 0.296 bits per heavy atom. The van der Waals surface area contributed by atoms with Crippen LogP contribution < -0.4 is 0 Å². The van der Waals surface area contributed by atoms with Gasteiger partial charge in [0, 0.05) is 19.3 Å². The Balaban J connectivity index is 4.13. The van der Waals surface area contributed by atoms with Crippen molar-refractivity contribution in [1.29, 1.82) is 0 Å². The Kier molecular flexibility index (Phi) is 57.2. The van der Waals surface area contributed by atoms with Crippen LogP contribution in [0, 0.1) is 0 Å². The number of carbonyl (C=O) groups is 3. The van der Waals surface area contributed by atoms with E-state index in [1.807, 2.05) is 0 Å². The predicted octanol–water partition coefficient (Wildman–Crippen LogP) is 20.8. The zero-order valence-electron chi connectivity index (χ0n) is 47.2. The van der Waals surface area contributed by atoms with E-state index in [2.05, 4.69) is 81.5 Å². The van der Waals surface area contributed by atoms with E-state index >= 15 is 0 Å². The van der Waals surface area contributed by atoms with Crippen LogP contribution >= 0.6 is 0 Å². The third-order valence-electron chi connectivity index (χ3n) is 13.5. The predicted molar refractivity (Wildman–Crippen MR) is 307 cm³/mol. The van der Waals surface area contributed by atoms with Gasteiger partial charge in [0.15, 0.2) is 6.10 Å². The van der Waals surface area contributed by atoms with E-state index in [0.717, 1.165) is 89.9 Å². The molecule has 71 heavy (non-hydrogen) atoms. The second-order valence-corrected chi connectivity index (χ2v) is 20.6.